The molecule has 1 unspecified atom stereocenters. The van der Waals surface area contributed by atoms with Crippen molar-refractivity contribution in [2.24, 2.45) is 0 Å². The van der Waals surface area contributed by atoms with Gasteiger partial charge in [-0.25, -0.2) is 4.39 Å². The summed E-state index contributed by atoms with van der Waals surface area (Å²) in [5.74, 6) is -1.58. The second-order valence-corrected chi connectivity index (χ2v) is 6.47. The predicted molar refractivity (Wildman–Crippen MR) is 91.5 cm³/mol. The van der Waals surface area contributed by atoms with Gasteiger partial charge >= 0.3 is 5.97 Å². The Bertz CT molecular complexity index is 739. The van der Waals surface area contributed by atoms with E-state index in [2.05, 4.69) is 19.1 Å². The molecule has 1 atom stereocenters. The largest absolute Gasteiger partial charge is 0.481 e. The van der Waals surface area contributed by atoms with Crippen LogP contribution in [0.1, 0.15) is 47.1 Å². The normalized spacial score (nSPS) is 12.3. The van der Waals surface area contributed by atoms with E-state index in [9.17, 15) is 9.18 Å². The Kier molecular flexibility index (Phi) is 4.88. The van der Waals surface area contributed by atoms with Gasteiger partial charge in [-0.1, -0.05) is 24.6 Å². The minimum absolute atomic E-state index is 0.0777. The standard InChI is InChI=1S/C20H23FO2/c1-11-6-13(3)19(14(4)7-11)16-8-15(5)20(21)17(10-16)12(2)9-18(22)23/h6-8,10,12H,9H2,1-5H3,(H,22,23). The average Bonchev–Trinajstić information content (AvgIpc) is 2.40. The van der Waals surface area contributed by atoms with Crippen molar-refractivity contribution in [1.82, 2.24) is 0 Å². The van der Waals surface area contributed by atoms with E-state index in [-0.39, 0.29) is 18.2 Å². The molecule has 0 aromatic heterocycles. The Labute approximate surface area is 137 Å². The molecule has 0 bridgehead atoms. The third-order valence-electron chi connectivity index (χ3n) is 4.26. The molecule has 0 fully saturated rings. The minimum atomic E-state index is -0.914. The van der Waals surface area contributed by atoms with E-state index in [4.69, 9.17) is 5.11 Å². The van der Waals surface area contributed by atoms with Crippen LogP contribution in [0.15, 0.2) is 24.3 Å². The smallest absolute Gasteiger partial charge is 0.303 e. The van der Waals surface area contributed by atoms with Gasteiger partial charge in [0, 0.05) is 0 Å². The summed E-state index contributed by atoms with van der Waals surface area (Å²) >= 11 is 0. The summed E-state index contributed by atoms with van der Waals surface area (Å²) in [6.07, 6.45) is -0.0777. The van der Waals surface area contributed by atoms with Crippen LogP contribution in [0.25, 0.3) is 11.1 Å². The number of aliphatic carboxylic acids is 1. The molecule has 0 radical (unpaired) electrons. The average molecular weight is 314 g/mol. The third-order valence-corrected chi connectivity index (χ3v) is 4.26. The van der Waals surface area contributed by atoms with Crippen molar-refractivity contribution in [3.63, 3.8) is 0 Å². The zero-order chi connectivity index (χ0) is 17.3. The number of halogens is 1. The monoisotopic (exact) mass is 314 g/mol. The highest BCUT2D eigenvalue weighted by Gasteiger charge is 2.18. The maximum absolute atomic E-state index is 14.5. The number of hydrogen-bond acceptors (Lipinski definition) is 1. The van der Waals surface area contributed by atoms with Crippen molar-refractivity contribution in [1.29, 1.82) is 0 Å². The van der Waals surface area contributed by atoms with E-state index in [1.807, 2.05) is 19.9 Å². The van der Waals surface area contributed by atoms with Crippen molar-refractivity contribution in [2.75, 3.05) is 0 Å². The fraction of sp³-hybridized carbons (Fsp3) is 0.350. The lowest BCUT2D eigenvalue weighted by atomic mass is 9.88. The molecular weight excluding hydrogens is 291 g/mol. The zero-order valence-corrected chi connectivity index (χ0v) is 14.3. The molecule has 2 aromatic carbocycles. The lowest BCUT2D eigenvalue weighted by Crippen LogP contribution is -2.06. The molecule has 0 aliphatic rings. The highest BCUT2D eigenvalue weighted by Crippen LogP contribution is 2.34. The Morgan fingerprint density at radius 3 is 2.13 bits per heavy atom. The molecule has 23 heavy (non-hydrogen) atoms. The summed E-state index contributed by atoms with van der Waals surface area (Å²) in [7, 11) is 0. The molecule has 2 aromatic rings. The first-order chi connectivity index (χ1) is 10.7. The molecule has 1 N–H and O–H groups in total. The lowest BCUT2D eigenvalue weighted by molar-refractivity contribution is -0.137. The van der Waals surface area contributed by atoms with Crippen LogP contribution in [0.4, 0.5) is 4.39 Å². The highest BCUT2D eigenvalue weighted by molar-refractivity contribution is 5.73. The van der Waals surface area contributed by atoms with Crippen molar-refractivity contribution in [3.05, 3.63) is 57.9 Å². The molecule has 0 saturated carbocycles. The van der Waals surface area contributed by atoms with Gasteiger partial charge in [-0.2, -0.15) is 0 Å². The first-order valence-electron chi connectivity index (χ1n) is 7.80. The Hall–Kier alpha value is -2.16. The lowest BCUT2D eigenvalue weighted by Gasteiger charge is -2.17. The summed E-state index contributed by atoms with van der Waals surface area (Å²) in [6, 6.07) is 7.88. The van der Waals surface area contributed by atoms with Crippen molar-refractivity contribution >= 4 is 5.97 Å². The van der Waals surface area contributed by atoms with Crippen LogP contribution in [0.3, 0.4) is 0 Å². The molecule has 0 saturated heterocycles. The quantitative estimate of drug-likeness (QED) is 0.831. The van der Waals surface area contributed by atoms with Gasteiger partial charge in [0.25, 0.3) is 0 Å². The molecule has 0 amide bonds. The van der Waals surface area contributed by atoms with Gasteiger partial charge in [-0.3, -0.25) is 4.79 Å². The number of hydrogen-bond donors (Lipinski definition) is 1. The van der Waals surface area contributed by atoms with Crippen LogP contribution in [0.2, 0.25) is 0 Å². The van der Waals surface area contributed by atoms with E-state index in [1.54, 1.807) is 19.9 Å². The third kappa shape index (κ3) is 3.61. The first-order valence-corrected chi connectivity index (χ1v) is 7.80. The van der Waals surface area contributed by atoms with E-state index in [0.29, 0.717) is 11.1 Å². The van der Waals surface area contributed by atoms with Gasteiger partial charge in [-0.05, 0) is 79.1 Å². The molecular formula is C20H23FO2. The molecule has 122 valence electrons. The number of aryl methyl sites for hydroxylation is 4. The maximum atomic E-state index is 14.5. The van der Waals surface area contributed by atoms with Crippen LogP contribution in [-0.2, 0) is 4.79 Å². The Morgan fingerprint density at radius 2 is 1.61 bits per heavy atom. The van der Waals surface area contributed by atoms with E-state index in [1.165, 1.54) is 5.56 Å². The van der Waals surface area contributed by atoms with Gasteiger partial charge in [0.15, 0.2) is 0 Å². The summed E-state index contributed by atoms with van der Waals surface area (Å²) in [6.45, 7) is 9.64. The summed E-state index contributed by atoms with van der Waals surface area (Å²) in [5, 5.41) is 8.99. The molecule has 3 heteroatoms. The Balaban J connectivity index is 2.62. The van der Waals surface area contributed by atoms with Crippen LogP contribution in [0.5, 0.6) is 0 Å². The van der Waals surface area contributed by atoms with Crippen molar-refractivity contribution < 1.29 is 14.3 Å². The second-order valence-electron chi connectivity index (χ2n) is 6.47. The van der Waals surface area contributed by atoms with Gasteiger partial charge in [0.05, 0.1) is 6.42 Å². The number of benzene rings is 2. The van der Waals surface area contributed by atoms with Gasteiger partial charge in [0.2, 0.25) is 0 Å². The molecule has 0 aliphatic carbocycles. The van der Waals surface area contributed by atoms with Gasteiger partial charge < -0.3 is 5.11 Å². The molecule has 2 nitrogen and oxygen atoms in total. The van der Waals surface area contributed by atoms with Crippen molar-refractivity contribution in [2.45, 2.75) is 47.0 Å². The number of rotatable bonds is 4. The molecule has 2 rings (SSSR count). The minimum Gasteiger partial charge on any atom is -0.481 e. The summed E-state index contributed by atoms with van der Waals surface area (Å²) in [4.78, 5) is 11.0. The van der Waals surface area contributed by atoms with E-state index >= 15 is 0 Å². The fourth-order valence-corrected chi connectivity index (χ4v) is 3.31. The number of carboxylic acid groups (broad SMARTS) is 1. The van der Waals surface area contributed by atoms with E-state index in [0.717, 1.165) is 22.3 Å². The number of carbonyl (C=O) groups is 1. The molecule has 0 spiro atoms. The maximum Gasteiger partial charge on any atom is 0.303 e. The highest BCUT2D eigenvalue weighted by atomic mass is 19.1. The summed E-state index contributed by atoms with van der Waals surface area (Å²) in [5.41, 5.74) is 6.56. The van der Waals surface area contributed by atoms with Crippen LogP contribution >= 0.6 is 0 Å². The predicted octanol–water partition coefficient (Wildman–Crippen LogP) is 5.30. The number of carboxylic acids is 1. The second kappa shape index (κ2) is 6.53. The van der Waals surface area contributed by atoms with Crippen molar-refractivity contribution in [3.8, 4) is 11.1 Å². The topological polar surface area (TPSA) is 37.3 Å². The SMILES string of the molecule is Cc1cc(C)c(-c2cc(C)c(F)c(C(C)CC(=O)O)c2)c(C)c1. The van der Waals surface area contributed by atoms with Crippen LogP contribution < -0.4 is 0 Å². The first kappa shape index (κ1) is 17.2. The summed E-state index contributed by atoms with van der Waals surface area (Å²) < 4.78 is 14.5. The van der Waals surface area contributed by atoms with E-state index < -0.39 is 5.97 Å². The van der Waals surface area contributed by atoms with Gasteiger partial charge in [-0.15, -0.1) is 0 Å². The van der Waals surface area contributed by atoms with Crippen LogP contribution in [-0.4, -0.2) is 11.1 Å². The molecule has 0 aliphatic heterocycles. The Morgan fingerprint density at radius 1 is 1.04 bits per heavy atom. The zero-order valence-electron chi connectivity index (χ0n) is 14.3. The van der Waals surface area contributed by atoms with Crippen LogP contribution in [0, 0.1) is 33.5 Å². The molecule has 0 heterocycles. The van der Waals surface area contributed by atoms with Gasteiger partial charge in [0.1, 0.15) is 5.82 Å². The fourth-order valence-electron chi connectivity index (χ4n) is 3.31.